The van der Waals surface area contributed by atoms with Crippen molar-refractivity contribution < 1.29 is 23.3 Å². The molecule has 0 aromatic heterocycles. The Bertz CT molecular complexity index is 137. The Morgan fingerprint density at radius 3 is 2.00 bits per heavy atom. The van der Waals surface area contributed by atoms with E-state index in [0.29, 0.717) is 0 Å². The van der Waals surface area contributed by atoms with Gasteiger partial charge in [-0.05, 0) is 20.4 Å². The van der Waals surface area contributed by atoms with Crippen LogP contribution in [0.4, 0.5) is 0 Å². The molecule has 0 saturated carbocycles. The van der Waals surface area contributed by atoms with Gasteiger partial charge in [0.25, 0.3) is 0 Å². The first-order chi connectivity index (χ1) is 6.04. The van der Waals surface area contributed by atoms with Gasteiger partial charge in [-0.3, -0.25) is 6.04 Å². The van der Waals surface area contributed by atoms with Crippen molar-refractivity contribution in [1.82, 2.24) is 4.90 Å². The van der Waals surface area contributed by atoms with Crippen LogP contribution in [0, 0.1) is 6.04 Å². The minimum absolute atomic E-state index is 0. The van der Waals surface area contributed by atoms with Gasteiger partial charge in [0, 0.05) is 24.1 Å². The maximum atomic E-state index is 5.41. The van der Waals surface area contributed by atoms with E-state index < -0.39 is 0 Å². The van der Waals surface area contributed by atoms with Crippen LogP contribution in [0.15, 0.2) is 0 Å². The zero-order valence-corrected chi connectivity index (χ0v) is 11.8. The van der Waals surface area contributed by atoms with E-state index in [4.69, 9.17) is 4.74 Å². The largest absolute Gasteiger partial charge is 0.446 e. The van der Waals surface area contributed by atoms with E-state index in [2.05, 4.69) is 32.6 Å². The van der Waals surface area contributed by atoms with Gasteiger partial charge in [0.05, 0.1) is 13.2 Å². The number of nitrogens with zero attached hydrogens (tertiary/aromatic N) is 1. The fourth-order valence-electron chi connectivity index (χ4n) is 1.69. The van der Waals surface area contributed by atoms with Gasteiger partial charge in [-0.2, -0.15) is 13.8 Å². The minimum Gasteiger partial charge on any atom is -0.446 e. The molecule has 1 heterocycles. The van der Waals surface area contributed by atoms with Crippen molar-refractivity contribution >= 4 is 0 Å². The summed E-state index contributed by atoms with van der Waals surface area (Å²) in [6, 6.07) is 1.39. The summed E-state index contributed by atoms with van der Waals surface area (Å²) in [6.45, 7) is 15.5. The normalized spacial score (nSPS) is 20.8. The average molecular weight is 237 g/mol. The molecule has 0 atom stereocenters. The first kappa shape index (κ1) is 16.9. The van der Waals surface area contributed by atoms with Crippen molar-refractivity contribution in [3.63, 3.8) is 0 Å². The molecule has 0 aliphatic carbocycles. The molecule has 85 valence electrons. The smallest absolute Gasteiger partial charge is 0.0622 e. The standard InChI is InChI=1S/C9H18NO.C2H6.V/c1-8(2)10-5-6-11-7-9(10,3)4;1-2;/h5-7H2,1-4H3;1-2H3;/q-1;;. The van der Waals surface area contributed by atoms with E-state index in [1.165, 1.54) is 6.04 Å². The van der Waals surface area contributed by atoms with Crippen LogP contribution in [0.3, 0.4) is 0 Å². The van der Waals surface area contributed by atoms with Crippen LogP contribution in [-0.4, -0.2) is 30.2 Å². The Labute approximate surface area is 101 Å². The molecular weight excluding hydrogens is 213 g/mol. The second-order valence-corrected chi connectivity index (χ2v) is 3.96. The summed E-state index contributed by atoms with van der Waals surface area (Å²) in [4.78, 5) is 2.41. The number of rotatable bonds is 1. The molecule has 0 aromatic carbocycles. The van der Waals surface area contributed by atoms with Crippen LogP contribution in [0.5, 0.6) is 0 Å². The molecule has 1 rings (SSSR count). The summed E-state index contributed by atoms with van der Waals surface area (Å²) in [5.74, 6) is 0. The minimum atomic E-state index is 0. The maximum Gasteiger partial charge on any atom is 0.0622 e. The number of hydrogen-bond acceptors (Lipinski definition) is 2. The van der Waals surface area contributed by atoms with E-state index in [9.17, 15) is 0 Å². The molecule has 0 N–H and O–H groups in total. The number of hydrogen-bond donors (Lipinski definition) is 0. The third kappa shape index (κ3) is 4.83. The molecule has 1 aliphatic rings. The van der Waals surface area contributed by atoms with Gasteiger partial charge in [0.15, 0.2) is 0 Å². The molecule has 1 radical (unpaired) electrons. The molecule has 1 saturated heterocycles. The summed E-state index contributed by atoms with van der Waals surface area (Å²) in [6.07, 6.45) is 0. The summed E-state index contributed by atoms with van der Waals surface area (Å²) in [7, 11) is 0. The third-order valence-electron chi connectivity index (χ3n) is 2.19. The molecule has 0 unspecified atom stereocenters. The monoisotopic (exact) mass is 237 g/mol. The van der Waals surface area contributed by atoms with Crippen molar-refractivity contribution in [1.29, 1.82) is 0 Å². The van der Waals surface area contributed by atoms with Crippen LogP contribution in [-0.2, 0) is 23.3 Å². The van der Waals surface area contributed by atoms with Crippen molar-refractivity contribution in [3.05, 3.63) is 6.04 Å². The average Bonchev–Trinajstić information content (AvgIpc) is 2.06. The number of morpholine rings is 1. The molecule has 14 heavy (non-hydrogen) atoms. The Balaban J connectivity index is 0. The maximum absolute atomic E-state index is 5.41. The van der Waals surface area contributed by atoms with Gasteiger partial charge in [-0.1, -0.05) is 13.8 Å². The molecule has 3 heteroatoms. The summed E-state index contributed by atoms with van der Waals surface area (Å²) in [5, 5.41) is 0. The van der Waals surface area contributed by atoms with Crippen LogP contribution in [0.2, 0.25) is 0 Å². The molecule has 0 bridgehead atoms. The molecule has 0 aromatic rings. The molecule has 2 nitrogen and oxygen atoms in total. The summed E-state index contributed by atoms with van der Waals surface area (Å²) < 4.78 is 5.41. The van der Waals surface area contributed by atoms with Crippen LogP contribution in [0.25, 0.3) is 0 Å². The fourth-order valence-corrected chi connectivity index (χ4v) is 1.69. The Morgan fingerprint density at radius 2 is 1.71 bits per heavy atom. The molecular formula is C11H24NOV-. The van der Waals surface area contributed by atoms with Crippen LogP contribution < -0.4 is 0 Å². The van der Waals surface area contributed by atoms with Gasteiger partial charge < -0.3 is 9.64 Å². The fraction of sp³-hybridized carbons (Fsp3) is 0.909. The summed E-state index contributed by atoms with van der Waals surface area (Å²) in [5.41, 5.74) is 0.192. The molecule has 0 amide bonds. The van der Waals surface area contributed by atoms with E-state index in [1.54, 1.807) is 0 Å². The van der Waals surface area contributed by atoms with Gasteiger partial charge in [0.1, 0.15) is 0 Å². The quantitative estimate of drug-likeness (QED) is 0.650. The van der Waals surface area contributed by atoms with Gasteiger partial charge in [-0.15, -0.1) is 0 Å². The van der Waals surface area contributed by atoms with E-state index in [0.717, 1.165) is 19.8 Å². The van der Waals surface area contributed by atoms with E-state index in [-0.39, 0.29) is 24.1 Å². The van der Waals surface area contributed by atoms with Crippen LogP contribution >= 0.6 is 0 Å². The van der Waals surface area contributed by atoms with Crippen molar-refractivity contribution in [2.24, 2.45) is 0 Å². The van der Waals surface area contributed by atoms with E-state index >= 15 is 0 Å². The zero-order chi connectivity index (χ0) is 10.5. The predicted molar refractivity (Wildman–Crippen MR) is 57.5 cm³/mol. The molecule has 1 aliphatic heterocycles. The predicted octanol–water partition coefficient (Wildman–Crippen LogP) is 2.69. The number of ether oxygens (including phenoxy) is 1. The SMILES string of the molecule is CC.C[C-](C)N1CCOCC1(C)C.[V]. The van der Waals surface area contributed by atoms with Crippen molar-refractivity contribution in [3.8, 4) is 0 Å². The Hall–Kier alpha value is 0.504. The van der Waals surface area contributed by atoms with Crippen molar-refractivity contribution in [2.45, 2.75) is 47.1 Å². The Morgan fingerprint density at radius 1 is 1.21 bits per heavy atom. The summed E-state index contributed by atoms with van der Waals surface area (Å²) >= 11 is 0. The second kappa shape index (κ2) is 7.75. The van der Waals surface area contributed by atoms with Gasteiger partial charge in [-0.25, -0.2) is 0 Å². The van der Waals surface area contributed by atoms with Gasteiger partial charge in [0.2, 0.25) is 0 Å². The topological polar surface area (TPSA) is 12.5 Å². The van der Waals surface area contributed by atoms with E-state index in [1.807, 2.05) is 13.8 Å². The second-order valence-electron chi connectivity index (χ2n) is 3.96. The first-order valence-corrected chi connectivity index (χ1v) is 5.19. The van der Waals surface area contributed by atoms with Gasteiger partial charge >= 0.3 is 0 Å². The first-order valence-electron chi connectivity index (χ1n) is 5.19. The molecule has 0 spiro atoms. The van der Waals surface area contributed by atoms with Crippen molar-refractivity contribution in [2.75, 3.05) is 19.8 Å². The Kier molecular flexibility index (Phi) is 9.37. The van der Waals surface area contributed by atoms with Crippen LogP contribution in [0.1, 0.15) is 41.5 Å². The zero-order valence-electron chi connectivity index (χ0n) is 10.4. The third-order valence-corrected chi connectivity index (χ3v) is 2.19. The molecule has 1 fully saturated rings.